The number of ether oxygens (including phenoxy) is 2. The van der Waals surface area contributed by atoms with Crippen molar-refractivity contribution in [2.24, 2.45) is 0 Å². The molecule has 0 heterocycles. The predicted molar refractivity (Wildman–Crippen MR) is 33.1 cm³/mol. The summed E-state index contributed by atoms with van der Waals surface area (Å²) in [5, 5.41) is 0. The summed E-state index contributed by atoms with van der Waals surface area (Å²) in [5.74, 6) is -1.05. The molecule has 0 radical (unpaired) electrons. The van der Waals surface area contributed by atoms with Gasteiger partial charge in [0.15, 0.2) is 6.29 Å². The predicted octanol–water partition coefficient (Wildman–Crippen LogP) is 0.584. The molecule has 0 rings (SSSR count). The van der Waals surface area contributed by atoms with Crippen LogP contribution in [0.2, 0.25) is 0 Å². The molecule has 0 fully saturated rings. The van der Waals surface area contributed by atoms with Gasteiger partial charge in [0.2, 0.25) is 5.79 Å². The largest absolute Gasteiger partial charge is 0.347 e. The van der Waals surface area contributed by atoms with Gasteiger partial charge in [-0.25, -0.2) is 0 Å². The van der Waals surface area contributed by atoms with Crippen LogP contribution in [-0.2, 0) is 14.3 Å². The van der Waals surface area contributed by atoms with Gasteiger partial charge in [-0.15, -0.1) is 0 Å². The molecule has 1 atom stereocenters. The lowest BCUT2D eigenvalue weighted by atomic mass is 10.4. The average molecular weight is 132 g/mol. The normalized spacial score (nSPS) is 16.8. The number of carbonyl (C=O) groups excluding carboxylic acids is 1. The number of carbonyl (C=O) groups is 1. The van der Waals surface area contributed by atoms with E-state index in [1.165, 1.54) is 7.11 Å². The van der Waals surface area contributed by atoms with Crippen molar-refractivity contribution in [3.8, 4) is 0 Å². The molecule has 3 nitrogen and oxygen atoms in total. The zero-order valence-electron chi connectivity index (χ0n) is 6.01. The molecule has 1 unspecified atom stereocenters. The van der Waals surface area contributed by atoms with Crippen LogP contribution in [0.15, 0.2) is 0 Å². The topological polar surface area (TPSA) is 35.5 Å². The summed E-state index contributed by atoms with van der Waals surface area (Å²) in [7, 11) is 1.43. The molecular formula is C6H12O3. The minimum Gasteiger partial charge on any atom is -0.347 e. The van der Waals surface area contributed by atoms with E-state index in [9.17, 15) is 4.79 Å². The van der Waals surface area contributed by atoms with E-state index >= 15 is 0 Å². The Morgan fingerprint density at radius 1 is 1.67 bits per heavy atom. The van der Waals surface area contributed by atoms with Crippen LogP contribution in [0, 0.1) is 0 Å². The summed E-state index contributed by atoms with van der Waals surface area (Å²) < 4.78 is 9.67. The van der Waals surface area contributed by atoms with E-state index < -0.39 is 5.79 Å². The van der Waals surface area contributed by atoms with Crippen LogP contribution in [0.4, 0.5) is 0 Å². The highest BCUT2D eigenvalue weighted by Gasteiger charge is 2.21. The lowest BCUT2D eigenvalue weighted by Gasteiger charge is -2.19. The van der Waals surface area contributed by atoms with Crippen molar-refractivity contribution in [2.75, 3.05) is 13.7 Å². The minimum absolute atomic E-state index is 0.475. The molecule has 0 aromatic heterocycles. The summed E-state index contributed by atoms with van der Waals surface area (Å²) >= 11 is 0. The van der Waals surface area contributed by atoms with E-state index in [-0.39, 0.29) is 0 Å². The van der Waals surface area contributed by atoms with Crippen LogP contribution in [0.1, 0.15) is 13.8 Å². The fourth-order valence-corrected chi connectivity index (χ4v) is 0.428. The van der Waals surface area contributed by atoms with E-state index in [0.29, 0.717) is 12.9 Å². The number of rotatable bonds is 4. The van der Waals surface area contributed by atoms with Gasteiger partial charge in [0, 0.05) is 13.7 Å². The molecule has 0 aliphatic carbocycles. The molecular weight excluding hydrogens is 120 g/mol. The van der Waals surface area contributed by atoms with E-state index in [1.807, 2.05) is 0 Å². The Kier molecular flexibility index (Phi) is 3.42. The number of hydrogen-bond acceptors (Lipinski definition) is 3. The van der Waals surface area contributed by atoms with Gasteiger partial charge in [-0.3, -0.25) is 4.79 Å². The zero-order chi connectivity index (χ0) is 7.33. The van der Waals surface area contributed by atoms with Crippen molar-refractivity contribution < 1.29 is 14.3 Å². The number of methoxy groups -OCH3 is 1. The van der Waals surface area contributed by atoms with Crippen LogP contribution in [0.5, 0.6) is 0 Å². The van der Waals surface area contributed by atoms with Gasteiger partial charge < -0.3 is 9.47 Å². The van der Waals surface area contributed by atoms with Crippen molar-refractivity contribution in [3.63, 3.8) is 0 Å². The van der Waals surface area contributed by atoms with Crippen LogP contribution in [0.3, 0.4) is 0 Å². The first-order valence-corrected chi connectivity index (χ1v) is 2.84. The first-order valence-electron chi connectivity index (χ1n) is 2.84. The van der Waals surface area contributed by atoms with E-state index in [0.717, 1.165) is 0 Å². The molecule has 0 saturated carbocycles. The van der Waals surface area contributed by atoms with Gasteiger partial charge in [-0.2, -0.15) is 0 Å². The molecule has 0 bridgehead atoms. The maximum atomic E-state index is 10.2. The molecule has 0 aliphatic heterocycles. The van der Waals surface area contributed by atoms with Gasteiger partial charge in [0.25, 0.3) is 0 Å². The highest BCUT2D eigenvalue weighted by atomic mass is 16.7. The van der Waals surface area contributed by atoms with Gasteiger partial charge in [-0.05, 0) is 13.8 Å². The Bertz CT molecular complexity index is 92.3. The maximum Gasteiger partial charge on any atom is 0.222 e. The Morgan fingerprint density at radius 3 is 2.33 bits per heavy atom. The monoisotopic (exact) mass is 132 g/mol. The molecule has 9 heavy (non-hydrogen) atoms. The fraction of sp³-hybridized carbons (Fsp3) is 0.833. The standard InChI is InChI=1S/C6H12O3/c1-4-9-6(2,5-7)8-3/h5H,4H2,1-3H3. The third-order valence-electron chi connectivity index (χ3n) is 1.05. The first kappa shape index (κ1) is 8.59. The molecule has 54 valence electrons. The van der Waals surface area contributed by atoms with E-state index in [4.69, 9.17) is 9.47 Å². The Morgan fingerprint density at radius 2 is 2.22 bits per heavy atom. The van der Waals surface area contributed by atoms with Gasteiger partial charge in [0.1, 0.15) is 0 Å². The van der Waals surface area contributed by atoms with Gasteiger partial charge in [-0.1, -0.05) is 0 Å². The molecule has 0 spiro atoms. The van der Waals surface area contributed by atoms with Crippen molar-refractivity contribution in [3.05, 3.63) is 0 Å². The summed E-state index contributed by atoms with van der Waals surface area (Å²) in [6.07, 6.45) is 0.635. The molecule has 0 saturated heterocycles. The summed E-state index contributed by atoms with van der Waals surface area (Å²) in [6, 6.07) is 0. The van der Waals surface area contributed by atoms with Crippen molar-refractivity contribution in [2.45, 2.75) is 19.6 Å². The highest BCUT2D eigenvalue weighted by Crippen LogP contribution is 2.05. The SMILES string of the molecule is CCOC(C)(C=O)OC. The number of hydrogen-bond donors (Lipinski definition) is 0. The Labute approximate surface area is 55.0 Å². The van der Waals surface area contributed by atoms with Crippen molar-refractivity contribution in [1.82, 2.24) is 0 Å². The Hall–Kier alpha value is -0.410. The molecule has 0 aromatic carbocycles. The first-order chi connectivity index (χ1) is 4.18. The van der Waals surface area contributed by atoms with Crippen molar-refractivity contribution >= 4 is 6.29 Å². The van der Waals surface area contributed by atoms with E-state index in [2.05, 4.69) is 0 Å². The summed E-state index contributed by atoms with van der Waals surface area (Å²) in [4.78, 5) is 10.2. The lowest BCUT2D eigenvalue weighted by molar-refractivity contribution is -0.196. The zero-order valence-corrected chi connectivity index (χ0v) is 6.01. The molecule has 0 aromatic rings. The second-order valence-electron chi connectivity index (χ2n) is 1.77. The quantitative estimate of drug-likeness (QED) is 0.414. The van der Waals surface area contributed by atoms with Gasteiger partial charge in [0.05, 0.1) is 0 Å². The second-order valence-corrected chi connectivity index (χ2v) is 1.77. The molecule has 0 amide bonds. The minimum atomic E-state index is -1.05. The lowest BCUT2D eigenvalue weighted by Crippen LogP contribution is -2.32. The average Bonchev–Trinajstić information content (AvgIpc) is 1.89. The third-order valence-corrected chi connectivity index (χ3v) is 1.05. The van der Waals surface area contributed by atoms with Gasteiger partial charge >= 0.3 is 0 Å². The van der Waals surface area contributed by atoms with Crippen LogP contribution < -0.4 is 0 Å². The van der Waals surface area contributed by atoms with Crippen LogP contribution >= 0.6 is 0 Å². The van der Waals surface area contributed by atoms with E-state index in [1.54, 1.807) is 13.8 Å². The third kappa shape index (κ3) is 2.58. The summed E-state index contributed by atoms with van der Waals surface area (Å²) in [5.41, 5.74) is 0. The van der Waals surface area contributed by atoms with Crippen LogP contribution in [0.25, 0.3) is 0 Å². The maximum absolute atomic E-state index is 10.2. The Balaban J connectivity index is 3.76. The molecule has 0 N–H and O–H groups in total. The van der Waals surface area contributed by atoms with Crippen molar-refractivity contribution in [1.29, 1.82) is 0 Å². The smallest absolute Gasteiger partial charge is 0.222 e. The molecule has 3 heteroatoms. The molecule has 0 aliphatic rings. The number of aldehydes is 1. The second kappa shape index (κ2) is 3.58. The summed E-state index contributed by atoms with van der Waals surface area (Å²) in [6.45, 7) is 3.85. The van der Waals surface area contributed by atoms with Crippen LogP contribution in [-0.4, -0.2) is 25.8 Å². The highest BCUT2D eigenvalue weighted by molar-refractivity contribution is 5.59. The fourth-order valence-electron chi connectivity index (χ4n) is 0.428.